The minimum atomic E-state index is 0.255. The van der Waals surface area contributed by atoms with Crippen molar-refractivity contribution in [3.05, 3.63) is 0 Å². The lowest BCUT2D eigenvalue weighted by atomic mass is 9.91. The minimum absolute atomic E-state index is 0.255. The van der Waals surface area contributed by atoms with Gasteiger partial charge in [-0.25, -0.2) is 0 Å². The largest absolute Gasteiger partial charge is 0.356 e. The van der Waals surface area contributed by atoms with Gasteiger partial charge in [0, 0.05) is 12.6 Å². The Kier molecular flexibility index (Phi) is 2.30. The maximum Gasteiger partial charge on any atom is 0.224 e. The molecule has 2 fully saturated rings. The summed E-state index contributed by atoms with van der Waals surface area (Å²) in [5, 5.41) is 6.32. The summed E-state index contributed by atoms with van der Waals surface area (Å²) in [4.78, 5) is 11.3. The molecule has 0 spiro atoms. The van der Waals surface area contributed by atoms with Gasteiger partial charge in [0.15, 0.2) is 0 Å². The van der Waals surface area contributed by atoms with E-state index in [1.807, 2.05) is 0 Å². The van der Waals surface area contributed by atoms with Crippen molar-refractivity contribution < 1.29 is 4.79 Å². The maximum atomic E-state index is 11.3. The standard InChI is InChI=1S/C9H16N2O/c12-9-7(4-6-11-9)8-3-1-2-5-10-8/h7-8,10H,1-6H2,(H,11,12). The van der Waals surface area contributed by atoms with Crippen LogP contribution in [0.2, 0.25) is 0 Å². The van der Waals surface area contributed by atoms with E-state index in [1.165, 1.54) is 19.3 Å². The fourth-order valence-corrected chi connectivity index (χ4v) is 2.22. The van der Waals surface area contributed by atoms with Gasteiger partial charge in [0.2, 0.25) is 5.91 Å². The van der Waals surface area contributed by atoms with Crippen LogP contribution in [0.25, 0.3) is 0 Å². The summed E-state index contributed by atoms with van der Waals surface area (Å²) >= 11 is 0. The van der Waals surface area contributed by atoms with Gasteiger partial charge in [0.05, 0.1) is 5.92 Å². The lowest BCUT2D eigenvalue weighted by molar-refractivity contribution is -0.123. The summed E-state index contributed by atoms with van der Waals surface area (Å²) in [5.41, 5.74) is 0. The summed E-state index contributed by atoms with van der Waals surface area (Å²) in [5.74, 6) is 0.514. The molecule has 2 atom stereocenters. The third kappa shape index (κ3) is 1.46. The number of carbonyl (C=O) groups excluding carboxylic acids is 1. The molecule has 2 saturated heterocycles. The summed E-state index contributed by atoms with van der Waals surface area (Å²) in [7, 11) is 0. The first kappa shape index (κ1) is 8.05. The second-order valence-electron chi connectivity index (χ2n) is 3.74. The third-order valence-corrected chi connectivity index (χ3v) is 2.93. The Morgan fingerprint density at radius 1 is 1.17 bits per heavy atom. The highest BCUT2D eigenvalue weighted by Crippen LogP contribution is 2.20. The molecule has 0 aromatic carbocycles. The van der Waals surface area contributed by atoms with E-state index in [1.54, 1.807) is 0 Å². The van der Waals surface area contributed by atoms with Crippen molar-refractivity contribution in [2.45, 2.75) is 31.7 Å². The first-order valence-electron chi connectivity index (χ1n) is 4.89. The van der Waals surface area contributed by atoms with Crippen molar-refractivity contribution in [1.82, 2.24) is 10.6 Å². The third-order valence-electron chi connectivity index (χ3n) is 2.93. The van der Waals surface area contributed by atoms with Crippen molar-refractivity contribution in [2.24, 2.45) is 5.92 Å². The SMILES string of the molecule is O=C1NCCC1C1CCCCN1. The van der Waals surface area contributed by atoms with Gasteiger partial charge in [-0.2, -0.15) is 0 Å². The lowest BCUT2D eigenvalue weighted by Gasteiger charge is -2.26. The molecule has 0 aliphatic carbocycles. The molecule has 2 aliphatic heterocycles. The second-order valence-corrected chi connectivity index (χ2v) is 3.74. The first-order chi connectivity index (χ1) is 5.88. The van der Waals surface area contributed by atoms with E-state index in [4.69, 9.17) is 0 Å². The maximum absolute atomic E-state index is 11.3. The van der Waals surface area contributed by atoms with Crippen molar-refractivity contribution in [3.8, 4) is 0 Å². The van der Waals surface area contributed by atoms with Crippen LogP contribution in [0.4, 0.5) is 0 Å². The summed E-state index contributed by atoms with van der Waals surface area (Å²) in [6, 6.07) is 0.459. The number of carbonyl (C=O) groups is 1. The zero-order chi connectivity index (χ0) is 8.39. The Balaban J connectivity index is 1.93. The molecule has 2 N–H and O–H groups in total. The predicted octanol–water partition coefficient (Wildman–Crippen LogP) is 0.265. The van der Waals surface area contributed by atoms with Crippen LogP contribution in [-0.2, 0) is 4.79 Å². The predicted molar refractivity (Wildman–Crippen MR) is 46.8 cm³/mol. The Morgan fingerprint density at radius 3 is 2.67 bits per heavy atom. The van der Waals surface area contributed by atoms with Gasteiger partial charge in [0.1, 0.15) is 0 Å². The molecule has 0 aromatic rings. The average molecular weight is 168 g/mol. The Labute approximate surface area is 72.9 Å². The molecule has 12 heavy (non-hydrogen) atoms. The molecule has 2 unspecified atom stereocenters. The molecule has 2 aliphatic rings. The van der Waals surface area contributed by atoms with E-state index in [0.29, 0.717) is 6.04 Å². The zero-order valence-corrected chi connectivity index (χ0v) is 7.31. The summed E-state index contributed by atoms with van der Waals surface area (Å²) in [6.45, 7) is 1.97. The smallest absolute Gasteiger partial charge is 0.224 e. The fraction of sp³-hybridized carbons (Fsp3) is 0.889. The molecule has 0 aromatic heterocycles. The second kappa shape index (κ2) is 3.44. The topological polar surface area (TPSA) is 41.1 Å². The zero-order valence-electron chi connectivity index (χ0n) is 7.31. The Hall–Kier alpha value is -0.570. The van der Waals surface area contributed by atoms with E-state index in [2.05, 4.69) is 10.6 Å². The van der Waals surface area contributed by atoms with E-state index in [-0.39, 0.29) is 11.8 Å². The molecule has 2 heterocycles. The van der Waals surface area contributed by atoms with Gasteiger partial charge in [-0.15, -0.1) is 0 Å². The molecule has 0 saturated carbocycles. The average Bonchev–Trinajstić information content (AvgIpc) is 2.53. The first-order valence-corrected chi connectivity index (χ1v) is 4.89. The Bertz CT molecular complexity index is 175. The number of hydrogen-bond acceptors (Lipinski definition) is 2. The minimum Gasteiger partial charge on any atom is -0.356 e. The molecular formula is C9H16N2O. The monoisotopic (exact) mass is 168 g/mol. The molecule has 0 bridgehead atoms. The highest BCUT2D eigenvalue weighted by Gasteiger charge is 2.32. The van der Waals surface area contributed by atoms with Crippen LogP contribution in [0.5, 0.6) is 0 Å². The summed E-state index contributed by atoms with van der Waals surface area (Å²) < 4.78 is 0. The van der Waals surface area contributed by atoms with E-state index in [9.17, 15) is 4.79 Å². The van der Waals surface area contributed by atoms with Gasteiger partial charge < -0.3 is 10.6 Å². The molecule has 3 heteroatoms. The van der Waals surface area contributed by atoms with Crippen LogP contribution < -0.4 is 10.6 Å². The van der Waals surface area contributed by atoms with Gasteiger partial charge in [-0.1, -0.05) is 6.42 Å². The number of amides is 1. The van der Waals surface area contributed by atoms with Gasteiger partial charge in [-0.05, 0) is 25.8 Å². The van der Waals surface area contributed by atoms with Crippen LogP contribution in [0.1, 0.15) is 25.7 Å². The van der Waals surface area contributed by atoms with Crippen molar-refractivity contribution >= 4 is 5.91 Å². The molecule has 68 valence electrons. The van der Waals surface area contributed by atoms with Gasteiger partial charge >= 0.3 is 0 Å². The normalized spacial score (nSPS) is 36.5. The van der Waals surface area contributed by atoms with Gasteiger partial charge in [-0.3, -0.25) is 4.79 Å². The molecule has 3 nitrogen and oxygen atoms in total. The molecular weight excluding hydrogens is 152 g/mol. The van der Waals surface area contributed by atoms with E-state index in [0.717, 1.165) is 19.5 Å². The van der Waals surface area contributed by atoms with Crippen LogP contribution in [0.3, 0.4) is 0 Å². The molecule has 1 amide bonds. The lowest BCUT2D eigenvalue weighted by Crippen LogP contribution is -2.42. The quantitative estimate of drug-likeness (QED) is 0.590. The number of hydrogen-bond donors (Lipinski definition) is 2. The highest BCUT2D eigenvalue weighted by molar-refractivity contribution is 5.81. The van der Waals surface area contributed by atoms with Crippen LogP contribution in [0, 0.1) is 5.92 Å². The highest BCUT2D eigenvalue weighted by atomic mass is 16.2. The molecule has 2 rings (SSSR count). The number of rotatable bonds is 1. The van der Waals surface area contributed by atoms with Crippen molar-refractivity contribution in [1.29, 1.82) is 0 Å². The summed E-state index contributed by atoms with van der Waals surface area (Å²) in [6.07, 6.45) is 4.75. The fourth-order valence-electron chi connectivity index (χ4n) is 2.22. The van der Waals surface area contributed by atoms with E-state index >= 15 is 0 Å². The van der Waals surface area contributed by atoms with Crippen LogP contribution in [0.15, 0.2) is 0 Å². The number of piperidine rings is 1. The number of nitrogens with one attached hydrogen (secondary N) is 2. The molecule has 0 radical (unpaired) electrons. The van der Waals surface area contributed by atoms with E-state index < -0.39 is 0 Å². The Morgan fingerprint density at radius 2 is 2.08 bits per heavy atom. The van der Waals surface area contributed by atoms with Gasteiger partial charge in [0.25, 0.3) is 0 Å². The van der Waals surface area contributed by atoms with Crippen molar-refractivity contribution in [3.63, 3.8) is 0 Å². The van der Waals surface area contributed by atoms with Crippen LogP contribution >= 0.6 is 0 Å². The van der Waals surface area contributed by atoms with Crippen LogP contribution in [-0.4, -0.2) is 25.0 Å². The van der Waals surface area contributed by atoms with Crippen molar-refractivity contribution in [2.75, 3.05) is 13.1 Å².